The number of aliphatic hydroxyl groups is 1. The highest BCUT2D eigenvalue weighted by Crippen LogP contribution is 2.35. The molecule has 20 heavy (non-hydrogen) atoms. The lowest BCUT2D eigenvalue weighted by atomic mass is 10.2. The maximum atomic E-state index is 12.4. The second-order valence-electron chi connectivity index (χ2n) is 4.21. The Morgan fingerprint density at radius 2 is 2.15 bits per heavy atom. The normalized spacial score (nSPS) is 13.4. The van der Waals surface area contributed by atoms with Crippen molar-refractivity contribution < 1.29 is 18.3 Å². The lowest BCUT2D eigenvalue weighted by molar-refractivity contribution is -0.137. The summed E-state index contributed by atoms with van der Waals surface area (Å²) in [5, 5.41) is 8.99. The summed E-state index contributed by atoms with van der Waals surface area (Å²) < 4.78 is 37.3. The zero-order valence-corrected chi connectivity index (χ0v) is 12.1. The van der Waals surface area contributed by atoms with Crippen molar-refractivity contribution in [2.45, 2.75) is 24.1 Å². The highest BCUT2D eigenvalue weighted by Gasteiger charge is 2.35. The summed E-state index contributed by atoms with van der Waals surface area (Å²) in [6.07, 6.45) is -4.31. The fourth-order valence-corrected chi connectivity index (χ4v) is 3.38. The van der Waals surface area contributed by atoms with Crippen molar-refractivity contribution in [1.29, 1.82) is 0 Å². The zero-order valence-electron chi connectivity index (χ0n) is 10.5. The van der Waals surface area contributed by atoms with Gasteiger partial charge in [-0.3, -0.25) is 0 Å². The van der Waals surface area contributed by atoms with Gasteiger partial charge in [0.2, 0.25) is 0 Å². The minimum absolute atomic E-state index is 0.234. The van der Waals surface area contributed by atoms with Gasteiger partial charge in [0.15, 0.2) is 5.01 Å². The molecule has 1 aromatic heterocycles. The van der Waals surface area contributed by atoms with Crippen LogP contribution in [-0.4, -0.2) is 15.8 Å². The first-order valence-electron chi connectivity index (χ1n) is 5.76. The van der Waals surface area contributed by atoms with Crippen LogP contribution >= 0.6 is 23.1 Å². The predicted octanol–water partition coefficient (Wildman–Crippen LogP) is 4.30. The third-order valence-corrected chi connectivity index (χ3v) is 4.70. The molecule has 2 rings (SSSR count). The van der Waals surface area contributed by atoms with E-state index in [0.29, 0.717) is 17.1 Å². The molecule has 0 fully saturated rings. The van der Waals surface area contributed by atoms with E-state index in [2.05, 4.69) is 4.98 Å². The number of thioether (sulfide) groups is 1. The molecule has 1 unspecified atom stereocenters. The Hall–Kier alpha value is -1.05. The van der Waals surface area contributed by atoms with E-state index in [4.69, 9.17) is 0 Å². The van der Waals surface area contributed by atoms with Crippen LogP contribution in [0.1, 0.15) is 21.6 Å². The molecule has 1 heterocycles. The first kappa shape index (κ1) is 15.3. The molecule has 108 valence electrons. The molecule has 0 saturated carbocycles. The molecule has 0 saturated heterocycles. The minimum atomic E-state index is -4.45. The summed E-state index contributed by atoms with van der Waals surface area (Å²) in [5.74, 6) is 0.295. The molecule has 0 amide bonds. The maximum Gasteiger partial charge on any atom is 0.443 e. The van der Waals surface area contributed by atoms with Crippen LogP contribution in [0.15, 0.2) is 35.4 Å². The van der Waals surface area contributed by atoms with E-state index in [9.17, 15) is 18.3 Å². The van der Waals surface area contributed by atoms with E-state index in [1.54, 1.807) is 0 Å². The number of rotatable bonds is 4. The van der Waals surface area contributed by atoms with Crippen LogP contribution in [0, 0.1) is 6.92 Å². The molecule has 2 nitrogen and oxygen atoms in total. The molecule has 2 aromatic rings. The Labute approximate surface area is 122 Å². The number of halogens is 3. The molecule has 0 aliphatic carbocycles. The Morgan fingerprint density at radius 1 is 1.40 bits per heavy atom. The molecule has 0 aliphatic heterocycles. The van der Waals surface area contributed by atoms with Gasteiger partial charge in [0.05, 0.1) is 11.0 Å². The number of benzene rings is 1. The van der Waals surface area contributed by atoms with Crippen LogP contribution in [0.2, 0.25) is 0 Å². The molecular weight excluding hydrogens is 307 g/mol. The van der Waals surface area contributed by atoms with Crippen LogP contribution < -0.4 is 0 Å². The van der Waals surface area contributed by atoms with E-state index < -0.39 is 17.3 Å². The predicted molar refractivity (Wildman–Crippen MR) is 74.0 cm³/mol. The fraction of sp³-hybridized carbons (Fsp3) is 0.308. The number of aryl methyl sites for hydroxylation is 1. The molecule has 1 N–H and O–H groups in total. The topological polar surface area (TPSA) is 33.1 Å². The van der Waals surface area contributed by atoms with Crippen molar-refractivity contribution in [1.82, 2.24) is 4.98 Å². The first-order chi connectivity index (χ1) is 9.36. The van der Waals surface area contributed by atoms with E-state index in [1.165, 1.54) is 11.8 Å². The molecular formula is C13H12F3NOS2. The third-order valence-electron chi connectivity index (χ3n) is 2.49. The van der Waals surface area contributed by atoms with E-state index in [-0.39, 0.29) is 4.88 Å². The average Bonchev–Trinajstić information content (AvgIpc) is 2.85. The van der Waals surface area contributed by atoms with Gasteiger partial charge in [-0.1, -0.05) is 17.7 Å². The van der Waals surface area contributed by atoms with Crippen molar-refractivity contribution in [3.8, 4) is 0 Å². The van der Waals surface area contributed by atoms with Gasteiger partial charge < -0.3 is 5.11 Å². The number of thiazole rings is 1. The summed E-state index contributed by atoms with van der Waals surface area (Å²) in [4.78, 5) is 4.51. The monoisotopic (exact) mass is 319 g/mol. The molecule has 1 atom stereocenters. The van der Waals surface area contributed by atoms with Gasteiger partial charge in [0, 0.05) is 16.8 Å². The van der Waals surface area contributed by atoms with Crippen molar-refractivity contribution in [3.05, 3.63) is 45.9 Å². The zero-order chi connectivity index (χ0) is 14.8. The summed E-state index contributed by atoms with van der Waals surface area (Å²) >= 11 is 1.89. The summed E-state index contributed by atoms with van der Waals surface area (Å²) in [6.45, 7) is 1.96. The summed E-state index contributed by atoms with van der Waals surface area (Å²) in [5.41, 5.74) is 1.10. The Morgan fingerprint density at radius 3 is 2.75 bits per heavy atom. The fourth-order valence-electron chi connectivity index (χ4n) is 1.53. The quantitative estimate of drug-likeness (QED) is 0.853. The van der Waals surface area contributed by atoms with E-state index >= 15 is 0 Å². The second-order valence-corrected chi connectivity index (χ2v) is 6.36. The minimum Gasteiger partial charge on any atom is -0.387 e. The Balaban J connectivity index is 1.98. The molecule has 1 aromatic carbocycles. The smallest absolute Gasteiger partial charge is 0.387 e. The standard InChI is InChI=1S/C13H12F3NOS2/c1-8-3-2-4-9(5-8)19-7-10(18)11-6-17-12(20-11)13(14,15)16/h2-6,10,18H,7H2,1H3. The second kappa shape index (κ2) is 6.15. The van der Waals surface area contributed by atoms with Crippen LogP contribution in [0.3, 0.4) is 0 Å². The molecule has 0 aliphatic rings. The molecule has 0 radical (unpaired) electrons. The third kappa shape index (κ3) is 3.97. The first-order valence-corrected chi connectivity index (χ1v) is 7.57. The summed E-state index contributed by atoms with van der Waals surface area (Å²) in [7, 11) is 0. The highest BCUT2D eigenvalue weighted by atomic mass is 32.2. The highest BCUT2D eigenvalue weighted by molar-refractivity contribution is 7.99. The van der Waals surface area contributed by atoms with Crippen LogP contribution in [0.4, 0.5) is 13.2 Å². The van der Waals surface area contributed by atoms with Gasteiger partial charge in [-0.15, -0.1) is 23.1 Å². The number of aromatic nitrogens is 1. The van der Waals surface area contributed by atoms with Crippen molar-refractivity contribution in [2.24, 2.45) is 0 Å². The van der Waals surface area contributed by atoms with Gasteiger partial charge in [-0.05, 0) is 19.1 Å². The Bertz CT molecular complexity index is 583. The van der Waals surface area contributed by atoms with E-state index in [1.807, 2.05) is 31.2 Å². The maximum absolute atomic E-state index is 12.4. The Kier molecular flexibility index (Phi) is 4.72. The van der Waals surface area contributed by atoms with E-state index in [0.717, 1.165) is 16.7 Å². The molecule has 7 heteroatoms. The lowest BCUT2D eigenvalue weighted by Crippen LogP contribution is -2.03. The number of aliphatic hydroxyl groups excluding tert-OH is 1. The van der Waals surface area contributed by atoms with Gasteiger partial charge in [-0.25, -0.2) is 4.98 Å². The number of nitrogens with zero attached hydrogens (tertiary/aromatic N) is 1. The largest absolute Gasteiger partial charge is 0.443 e. The van der Waals surface area contributed by atoms with Gasteiger partial charge >= 0.3 is 6.18 Å². The van der Waals surface area contributed by atoms with Crippen LogP contribution in [-0.2, 0) is 6.18 Å². The SMILES string of the molecule is Cc1cccc(SCC(O)c2cnc(C(F)(F)F)s2)c1. The lowest BCUT2D eigenvalue weighted by Gasteiger charge is -2.08. The molecule has 0 spiro atoms. The number of hydrogen-bond donors (Lipinski definition) is 1. The van der Waals surface area contributed by atoms with Crippen LogP contribution in [0.5, 0.6) is 0 Å². The van der Waals surface area contributed by atoms with Gasteiger partial charge in [0.1, 0.15) is 0 Å². The molecule has 0 bridgehead atoms. The van der Waals surface area contributed by atoms with Gasteiger partial charge in [-0.2, -0.15) is 13.2 Å². The number of alkyl halides is 3. The van der Waals surface area contributed by atoms with Gasteiger partial charge in [0.25, 0.3) is 0 Å². The van der Waals surface area contributed by atoms with Crippen molar-refractivity contribution >= 4 is 23.1 Å². The van der Waals surface area contributed by atoms with Crippen LogP contribution in [0.25, 0.3) is 0 Å². The average molecular weight is 319 g/mol. The van der Waals surface area contributed by atoms with Crippen molar-refractivity contribution in [3.63, 3.8) is 0 Å². The number of hydrogen-bond acceptors (Lipinski definition) is 4. The van der Waals surface area contributed by atoms with Crippen molar-refractivity contribution in [2.75, 3.05) is 5.75 Å². The summed E-state index contributed by atoms with van der Waals surface area (Å²) in [6, 6.07) is 7.72.